The van der Waals surface area contributed by atoms with E-state index in [9.17, 15) is 9.18 Å². The molecule has 2 aromatic carbocycles. The van der Waals surface area contributed by atoms with E-state index in [0.29, 0.717) is 28.1 Å². The first-order chi connectivity index (χ1) is 15.2. The Morgan fingerprint density at radius 2 is 1.78 bits per heavy atom. The lowest BCUT2D eigenvalue weighted by Gasteiger charge is -2.23. The third-order valence-corrected chi connectivity index (χ3v) is 5.41. The Kier molecular flexibility index (Phi) is 5.46. The lowest BCUT2D eigenvalue weighted by molar-refractivity contribution is 0.375. The van der Waals surface area contributed by atoms with Crippen molar-refractivity contribution in [3.63, 3.8) is 0 Å². The normalized spacial score (nSPS) is 11.6. The molecule has 0 bridgehead atoms. The van der Waals surface area contributed by atoms with Crippen molar-refractivity contribution in [3.8, 4) is 28.5 Å². The first-order valence-corrected chi connectivity index (χ1v) is 10.3. The number of ether oxygens (including phenoxy) is 2. The molecule has 164 valence electrons. The number of fused-ring (bicyclic) bond motifs is 1. The van der Waals surface area contributed by atoms with Gasteiger partial charge in [-0.25, -0.2) is 4.39 Å². The molecule has 4 rings (SSSR count). The summed E-state index contributed by atoms with van der Waals surface area (Å²) in [6.45, 7) is 8.34. The van der Waals surface area contributed by atoms with Crippen molar-refractivity contribution in [3.05, 3.63) is 82.0 Å². The third-order valence-electron chi connectivity index (χ3n) is 5.41. The Balaban J connectivity index is 1.96. The number of benzene rings is 2. The van der Waals surface area contributed by atoms with Crippen molar-refractivity contribution in [1.29, 1.82) is 0 Å². The van der Waals surface area contributed by atoms with E-state index >= 15 is 0 Å². The minimum Gasteiger partial charge on any atom is -0.493 e. The molecule has 2 aromatic heterocycles. The van der Waals surface area contributed by atoms with Crippen LogP contribution in [0.15, 0.2) is 59.7 Å². The van der Waals surface area contributed by atoms with E-state index in [1.165, 1.54) is 25.3 Å². The predicted octanol–water partition coefficient (Wildman–Crippen LogP) is 6.14. The summed E-state index contributed by atoms with van der Waals surface area (Å²) < 4.78 is 25.3. The standard InChI is InChI=1S/C26H25FN2O3/c1-15-10-16(26(2,3)4)11-24(32-22-7-6-17(27)12-23(22)31-5)25(15)20-13-21(30)18-14-28-9-8-19(18)29-20/h6-14H,1-5H3,(H,29,30). The molecule has 0 unspecified atom stereocenters. The third kappa shape index (κ3) is 4.08. The SMILES string of the molecule is COc1cc(F)ccc1Oc1cc(C(C)(C)C)cc(C)c1-c1cc(=O)c2cnccc2[nH]1. The molecule has 0 amide bonds. The van der Waals surface area contributed by atoms with Gasteiger partial charge in [-0.1, -0.05) is 26.8 Å². The fourth-order valence-corrected chi connectivity index (χ4v) is 3.68. The summed E-state index contributed by atoms with van der Waals surface area (Å²) in [6.07, 6.45) is 3.19. The molecular formula is C26H25FN2O3. The summed E-state index contributed by atoms with van der Waals surface area (Å²) in [6, 6.07) is 11.5. The van der Waals surface area contributed by atoms with Gasteiger partial charge < -0.3 is 14.5 Å². The average molecular weight is 432 g/mol. The Morgan fingerprint density at radius 3 is 2.50 bits per heavy atom. The lowest BCUT2D eigenvalue weighted by Crippen LogP contribution is -2.12. The van der Waals surface area contributed by atoms with E-state index < -0.39 is 5.82 Å². The smallest absolute Gasteiger partial charge is 0.191 e. The van der Waals surface area contributed by atoms with Gasteiger partial charge in [0.05, 0.1) is 23.7 Å². The van der Waals surface area contributed by atoms with E-state index in [4.69, 9.17) is 9.47 Å². The zero-order chi connectivity index (χ0) is 23.0. The number of aryl methyl sites for hydroxylation is 1. The number of aromatic amines is 1. The van der Waals surface area contributed by atoms with Gasteiger partial charge in [-0.15, -0.1) is 0 Å². The average Bonchev–Trinajstić information content (AvgIpc) is 2.74. The van der Waals surface area contributed by atoms with Crippen molar-refractivity contribution >= 4 is 10.9 Å². The zero-order valence-corrected chi connectivity index (χ0v) is 18.7. The Hall–Kier alpha value is -3.67. The molecule has 0 atom stereocenters. The first-order valence-electron chi connectivity index (χ1n) is 10.3. The molecule has 6 heteroatoms. The molecule has 0 aliphatic heterocycles. The monoisotopic (exact) mass is 432 g/mol. The second-order valence-electron chi connectivity index (χ2n) is 8.78. The van der Waals surface area contributed by atoms with Gasteiger partial charge in [0.25, 0.3) is 0 Å². The molecular weight excluding hydrogens is 407 g/mol. The molecule has 0 aliphatic rings. The number of hydrogen-bond donors (Lipinski definition) is 1. The zero-order valence-electron chi connectivity index (χ0n) is 18.7. The molecule has 0 spiro atoms. The maximum Gasteiger partial charge on any atom is 0.191 e. The second-order valence-corrected chi connectivity index (χ2v) is 8.78. The van der Waals surface area contributed by atoms with Gasteiger partial charge in [-0.2, -0.15) is 0 Å². The number of nitrogens with one attached hydrogen (secondary N) is 1. The van der Waals surface area contributed by atoms with Crippen molar-refractivity contribution < 1.29 is 13.9 Å². The van der Waals surface area contributed by atoms with Gasteiger partial charge in [0.2, 0.25) is 0 Å². The van der Waals surface area contributed by atoms with Crippen LogP contribution in [0.5, 0.6) is 17.2 Å². The van der Waals surface area contributed by atoms with Crippen LogP contribution in [-0.4, -0.2) is 17.1 Å². The van der Waals surface area contributed by atoms with Crippen LogP contribution in [-0.2, 0) is 5.41 Å². The van der Waals surface area contributed by atoms with Gasteiger partial charge in [0.15, 0.2) is 16.9 Å². The molecule has 0 aliphatic carbocycles. The van der Waals surface area contributed by atoms with Crippen molar-refractivity contribution in [2.24, 2.45) is 0 Å². The highest BCUT2D eigenvalue weighted by Gasteiger charge is 2.21. The van der Waals surface area contributed by atoms with Crippen LogP contribution in [0.3, 0.4) is 0 Å². The highest BCUT2D eigenvalue weighted by atomic mass is 19.1. The van der Waals surface area contributed by atoms with Gasteiger partial charge in [-0.3, -0.25) is 9.78 Å². The van der Waals surface area contributed by atoms with Crippen LogP contribution in [0.1, 0.15) is 31.9 Å². The van der Waals surface area contributed by atoms with E-state index in [0.717, 1.165) is 16.7 Å². The number of halogens is 1. The number of methoxy groups -OCH3 is 1. The molecule has 0 saturated heterocycles. The van der Waals surface area contributed by atoms with Crippen LogP contribution in [0, 0.1) is 12.7 Å². The van der Waals surface area contributed by atoms with Crippen LogP contribution in [0.4, 0.5) is 4.39 Å². The molecule has 2 heterocycles. The molecule has 4 aromatic rings. The summed E-state index contributed by atoms with van der Waals surface area (Å²) in [5.74, 6) is 0.797. The molecule has 0 radical (unpaired) electrons. The van der Waals surface area contributed by atoms with Crippen molar-refractivity contribution in [1.82, 2.24) is 9.97 Å². The van der Waals surface area contributed by atoms with Crippen molar-refractivity contribution in [2.45, 2.75) is 33.1 Å². The maximum atomic E-state index is 13.7. The Morgan fingerprint density at radius 1 is 1.00 bits per heavy atom. The number of H-pyrrole nitrogens is 1. The van der Waals surface area contributed by atoms with Gasteiger partial charge in [-0.05, 0) is 47.7 Å². The van der Waals surface area contributed by atoms with Crippen LogP contribution in [0.2, 0.25) is 0 Å². The summed E-state index contributed by atoms with van der Waals surface area (Å²) in [4.78, 5) is 20.1. The van der Waals surface area contributed by atoms with E-state index in [1.54, 1.807) is 24.5 Å². The molecule has 1 N–H and O–H groups in total. The fourth-order valence-electron chi connectivity index (χ4n) is 3.68. The van der Waals surface area contributed by atoms with E-state index in [-0.39, 0.29) is 16.6 Å². The Labute approximate surface area is 185 Å². The quantitative estimate of drug-likeness (QED) is 0.421. The molecule has 0 fully saturated rings. The number of aromatic nitrogens is 2. The topological polar surface area (TPSA) is 64.2 Å². The number of pyridine rings is 2. The number of nitrogens with zero attached hydrogens (tertiary/aromatic N) is 1. The highest BCUT2D eigenvalue weighted by Crippen LogP contribution is 2.41. The first kappa shape index (κ1) is 21.6. The Bertz CT molecular complexity index is 1370. The minimum atomic E-state index is -0.415. The molecule has 0 saturated carbocycles. The van der Waals surface area contributed by atoms with Gasteiger partial charge >= 0.3 is 0 Å². The van der Waals surface area contributed by atoms with Crippen LogP contribution >= 0.6 is 0 Å². The summed E-state index contributed by atoms with van der Waals surface area (Å²) >= 11 is 0. The summed E-state index contributed by atoms with van der Waals surface area (Å²) in [7, 11) is 1.47. The highest BCUT2D eigenvalue weighted by molar-refractivity contribution is 5.82. The summed E-state index contributed by atoms with van der Waals surface area (Å²) in [5, 5.41) is 0.517. The minimum absolute atomic E-state index is 0.128. The molecule has 5 nitrogen and oxygen atoms in total. The number of rotatable bonds is 4. The van der Waals surface area contributed by atoms with Gasteiger partial charge in [0, 0.05) is 30.1 Å². The lowest BCUT2D eigenvalue weighted by atomic mass is 9.84. The van der Waals surface area contributed by atoms with Crippen molar-refractivity contribution in [2.75, 3.05) is 7.11 Å². The predicted molar refractivity (Wildman–Crippen MR) is 124 cm³/mol. The van der Waals surface area contributed by atoms with E-state index in [1.807, 2.05) is 13.0 Å². The molecule has 32 heavy (non-hydrogen) atoms. The second kappa shape index (κ2) is 8.11. The summed E-state index contributed by atoms with van der Waals surface area (Å²) in [5.41, 5.74) is 3.82. The fraction of sp³-hybridized carbons (Fsp3) is 0.231. The van der Waals surface area contributed by atoms with E-state index in [2.05, 4.69) is 36.8 Å². The van der Waals surface area contributed by atoms with Crippen LogP contribution in [0.25, 0.3) is 22.2 Å². The maximum absolute atomic E-state index is 13.7. The van der Waals surface area contributed by atoms with Crippen LogP contribution < -0.4 is 14.9 Å². The largest absolute Gasteiger partial charge is 0.493 e. The number of hydrogen-bond acceptors (Lipinski definition) is 4. The van der Waals surface area contributed by atoms with Gasteiger partial charge in [0.1, 0.15) is 11.6 Å².